The van der Waals surface area contributed by atoms with E-state index in [1.54, 1.807) is 36.4 Å². The van der Waals surface area contributed by atoms with E-state index in [1.807, 2.05) is 27.7 Å². The molecule has 27 heavy (non-hydrogen) atoms. The normalized spacial score (nSPS) is 18.2. The van der Waals surface area contributed by atoms with E-state index in [0.717, 1.165) is 0 Å². The molecule has 0 heterocycles. The summed E-state index contributed by atoms with van der Waals surface area (Å²) in [4.78, 5) is 12.6. The fourth-order valence-corrected chi connectivity index (χ4v) is 3.53. The molecule has 1 aliphatic carbocycles. The number of hydrogen-bond donors (Lipinski definition) is 1. The lowest BCUT2D eigenvalue weighted by atomic mass is 10.0. The van der Waals surface area contributed by atoms with Gasteiger partial charge in [-0.15, -0.1) is 0 Å². The van der Waals surface area contributed by atoms with Crippen LogP contribution in [0.4, 0.5) is 0 Å². The third-order valence-electron chi connectivity index (χ3n) is 5.84. The standard InChI is InChI=1S/C22H23NO4/c1-21(2)19(22(21,3)4)20(25)27-18(13-23)14-6-5-7-17(12-14)26-16-10-8-15(24)9-11-16/h5-12,18-19,24H,1-4H3/t18-/m0/s1. The van der Waals surface area contributed by atoms with Gasteiger partial charge in [-0.05, 0) is 47.2 Å². The Bertz CT molecular complexity index is 879. The molecule has 3 rings (SSSR count). The van der Waals surface area contributed by atoms with E-state index in [4.69, 9.17) is 9.47 Å². The van der Waals surface area contributed by atoms with Gasteiger partial charge in [0.15, 0.2) is 0 Å². The van der Waals surface area contributed by atoms with Gasteiger partial charge in [0.2, 0.25) is 6.10 Å². The van der Waals surface area contributed by atoms with E-state index in [2.05, 4.69) is 6.07 Å². The van der Waals surface area contributed by atoms with Crippen LogP contribution in [0, 0.1) is 28.1 Å². The minimum absolute atomic E-state index is 0.145. The third kappa shape index (κ3) is 3.48. The first-order valence-corrected chi connectivity index (χ1v) is 8.84. The molecule has 0 aliphatic heterocycles. The van der Waals surface area contributed by atoms with Crippen LogP contribution < -0.4 is 4.74 Å². The number of carbonyl (C=O) groups excluding carboxylic acids is 1. The van der Waals surface area contributed by atoms with Crippen molar-refractivity contribution in [3.63, 3.8) is 0 Å². The second-order valence-electron chi connectivity index (χ2n) is 7.99. The summed E-state index contributed by atoms with van der Waals surface area (Å²) in [6, 6.07) is 15.3. The Kier molecular flexibility index (Phi) is 4.61. The molecule has 5 heteroatoms. The van der Waals surface area contributed by atoms with E-state index in [1.165, 1.54) is 12.1 Å². The molecule has 1 aliphatic rings. The summed E-state index contributed by atoms with van der Waals surface area (Å²) in [7, 11) is 0. The Morgan fingerprint density at radius 2 is 1.70 bits per heavy atom. The number of phenols is 1. The Morgan fingerprint density at radius 1 is 1.07 bits per heavy atom. The van der Waals surface area contributed by atoms with E-state index < -0.39 is 6.10 Å². The highest BCUT2D eigenvalue weighted by Crippen LogP contribution is 2.68. The summed E-state index contributed by atoms with van der Waals surface area (Å²) in [6.07, 6.45) is -0.993. The maximum Gasteiger partial charge on any atom is 0.311 e. The lowest BCUT2D eigenvalue weighted by molar-refractivity contribution is -0.150. The molecule has 0 radical (unpaired) electrons. The summed E-state index contributed by atoms with van der Waals surface area (Å²) in [5.41, 5.74) is 0.264. The molecule has 5 nitrogen and oxygen atoms in total. The van der Waals surface area contributed by atoms with Gasteiger partial charge in [-0.2, -0.15) is 5.26 Å². The van der Waals surface area contributed by atoms with Crippen LogP contribution in [0.1, 0.15) is 39.4 Å². The number of aromatic hydroxyl groups is 1. The quantitative estimate of drug-likeness (QED) is 0.756. The molecule has 1 fully saturated rings. The highest BCUT2D eigenvalue weighted by molar-refractivity contribution is 5.79. The zero-order chi connectivity index (χ0) is 19.8. The van der Waals surface area contributed by atoms with Crippen LogP contribution in [0.3, 0.4) is 0 Å². The maximum atomic E-state index is 12.6. The summed E-state index contributed by atoms with van der Waals surface area (Å²) < 4.78 is 11.3. The lowest BCUT2D eigenvalue weighted by Crippen LogP contribution is -2.15. The topological polar surface area (TPSA) is 79.6 Å². The van der Waals surface area contributed by atoms with Gasteiger partial charge >= 0.3 is 5.97 Å². The van der Waals surface area contributed by atoms with Gasteiger partial charge in [-0.25, -0.2) is 0 Å². The zero-order valence-electron chi connectivity index (χ0n) is 15.9. The SMILES string of the molecule is CC1(C)C(C(=O)O[C@@H](C#N)c2cccc(Oc3ccc(O)cc3)c2)C1(C)C. The molecule has 0 bridgehead atoms. The highest BCUT2D eigenvalue weighted by Gasteiger charge is 2.69. The minimum Gasteiger partial charge on any atom is -0.508 e. The average Bonchev–Trinajstić information content (AvgIpc) is 3.04. The van der Waals surface area contributed by atoms with Gasteiger partial charge in [-0.3, -0.25) is 4.79 Å². The van der Waals surface area contributed by atoms with Gasteiger partial charge < -0.3 is 14.6 Å². The molecule has 0 spiro atoms. The van der Waals surface area contributed by atoms with Crippen LogP contribution in [-0.2, 0) is 9.53 Å². The Morgan fingerprint density at radius 3 is 2.26 bits per heavy atom. The van der Waals surface area contributed by atoms with Crippen LogP contribution in [0.15, 0.2) is 48.5 Å². The smallest absolute Gasteiger partial charge is 0.311 e. The minimum atomic E-state index is -0.993. The van der Waals surface area contributed by atoms with Crippen molar-refractivity contribution in [3.8, 4) is 23.3 Å². The first-order chi connectivity index (χ1) is 12.7. The first kappa shape index (κ1) is 18.8. The molecule has 2 aromatic carbocycles. The third-order valence-corrected chi connectivity index (χ3v) is 5.84. The van der Waals surface area contributed by atoms with Crippen molar-refractivity contribution in [1.82, 2.24) is 0 Å². The number of nitriles is 1. The second kappa shape index (κ2) is 6.62. The van der Waals surface area contributed by atoms with E-state index >= 15 is 0 Å². The summed E-state index contributed by atoms with van der Waals surface area (Å²) >= 11 is 0. The first-order valence-electron chi connectivity index (χ1n) is 8.84. The molecule has 140 valence electrons. The molecule has 0 amide bonds. The molecule has 1 atom stereocenters. The lowest BCUT2D eigenvalue weighted by Gasteiger charge is -2.14. The van der Waals surface area contributed by atoms with Gasteiger partial charge in [0, 0.05) is 5.56 Å². The van der Waals surface area contributed by atoms with Crippen molar-refractivity contribution in [2.24, 2.45) is 16.7 Å². The summed E-state index contributed by atoms with van der Waals surface area (Å²) in [5, 5.41) is 18.8. The summed E-state index contributed by atoms with van der Waals surface area (Å²) in [5.74, 6) is 0.649. The number of nitrogens with zero attached hydrogens (tertiary/aromatic N) is 1. The number of phenolic OH excluding ortho intramolecular Hbond substituents is 1. The monoisotopic (exact) mass is 365 g/mol. The molecule has 1 saturated carbocycles. The maximum absolute atomic E-state index is 12.6. The Hall–Kier alpha value is -3.00. The number of rotatable bonds is 5. The van der Waals surface area contributed by atoms with Gasteiger partial charge in [0.1, 0.15) is 23.3 Å². The molecular weight excluding hydrogens is 342 g/mol. The van der Waals surface area contributed by atoms with E-state index in [9.17, 15) is 15.2 Å². The van der Waals surface area contributed by atoms with Crippen molar-refractivity contribution < 1.29 is 19.4 Å². The molecule has 1 N–H and O–H groups in total. The van der Waals surface area contributed by atoms with Gasteiger partial charge in [0.05, 0.1) is 5.92 Å². The second-order valence-corrected chi connectivity index (χ2v) is 7.99. The van der Waals surface area contributed by atoms with Crippen LogP contribution in [0.25, 0.3) is 0 Å². The van der Waals surface area contributed by atoms with E-state index in [-0.39, 0.29) is 28.5 Å². The van der Waals surface area contributed by atoms with Crippen molar-refractivity contribution in [2.75, 3.05) is 0 Å². The summed E-state index contributed by atoms with van der Waals surface area (Å²) in [6.45, 7) is 8.14. The molecule has 2 aromatic rings. The van der Waals surface area contributed by atoms with E-state index in [0.29, 0.717) is 17.1 Å². The van der Waals surface area contributed by atoms with Crippen LogP contribution in [0.2, 0.25) is 0 Å². The van der Waals surface area contributed by atoms with Crippen molar-refractivity contribution in [2.45, 2.75) is 33.8 Å². The number of esters is 1. The predicted octanol–water partition coefficient (Wildman–Crippen LogP) is 4.97. The largest absolute Gasteiger partial charge is 0.508 e. The number of ether oxygens (including phenoxy) is 2. The van der Waals surface area contributed by atoms with Gasteiger partial charge in [0.25, 0.3) is 0 Å². The zero-order valence-corrected chi connectivity index (χ0v) is 15.9. The highest BCUT2D eigenvalue weighted by atomic mass is 16.5. The van der Waals surface area contributed by atoms with Crippen molar-refractivity contribution >= 4 is 5.97 Å². The molecule has 0 saturated heterocycles. The van der Waals surface area contributed by atoms with Crippen LogP contribution >= 0.6 is 0 Å². The number of benzene rings is 2. The van der Waals surface area contributed by atoms with Crippen LogP contribution in [-0.4, -0.2) is 11.1 Å². The van der Waals surface area contributed by atoms with Gasteiger partial charge in [-0.1, -0.05) is 39.8 Å². The van der Waals surface area contributed by atoms with Crippen molar-refractivity contribution in [1.29, 1.82) is 5.26 Å². The molecule has 0 aromatic heterocycles. The number of carbonyl (C=O) groups is 1. The fraction of sp³-hybridized carbons (Fsp3) is 0.364. The molecular formula is C22H23NO4. The molecule has 0 unspecified atom stereocenters. The fourth-order valence-electron chi connectivity index (χ4n) is 3.53. The van der Waals surface area contributed by atoms with Crippen LogP contribution in [0.5, 0.6) is 17.2 Å². The number of hydrogen-bond acceptors (Lipinski definition) is 5. The average molecular weight is 365 g/mol. The van der Waals surface area contributed by atoms with Crippen molar-refractivity contribution in [3.05, 3.63) is 54.1 Å². The predicted molar refractivity (Wildman–Crippen MR) is 100 cm³/mol. The Labute approximate surface area is 159 Å². The Balaban J connectivity index is 1.74.